The number of nitrogens with zero attached hydrogens (tertiary/aromatic N) is 3. The highest BCUT2D eigenvalue weighted by atomic mass is 35.5. The summed E-state index contributed by atoms with van der Waals surface area (Å²) in [6, 6.07) is 5.36. The van der Waals surface area contributed by atoms with E-state index in [-0.39, 0.29) is 30.7 Å². The minimum atomic E-state index is -0.477. The van der Waals surface area contributed by atoms with E-state index >= 15 is 0 Å². The lowest BCUT2D eigenvalue weighted by Crippen LogP contribution is -2.45. The number of ether oxygens (including phenoxy) is 1. The van der Waals surface area contributed by atoms with E-state index in [4.69, 9.17) is 4.74 Å². The Morgan fingerprint density at radius 3 is 2.91 bits per heavy atom. The Balaban J connectivity index is 0.00000121. The number of anilines is 1. The third kappa shape index (κ3) is 4.17. The number of amides is 1. The van der Waals surface area contributed by atoms with Crippen molar-refractivity contribution in [3.8, 4) is 5.82 Å². The topological polar surface area (TPSA) is 81.1 Å². The van der Waals surface area contributed by atoms with Crippen LogP contribution in [0.3, 0.4) is 0 Å². The first-order chi connectivity index (χ1) is 9.84. The van der Waals surface area contributed by atoms with Gasteiger partial charge in [-0.3, -0.25) is 4.79 Å². The molecule has 1 aliphatic heterocycles. The summed E-state index contributed by atoms with van der Waals surface area (Å²) in [5.41, 5.74) is 0.607. The first-order valence-corrected chi connectivity index (χ1v) is 6.43. The van der Waals surface area contributed by atoms with Crippen LogP contribution < -0.4 is 10.6 Å². The van der Waals surface area contributed by atoms with Gasteiger partial charge in [0.05, 0.1) is 12.3 Å². The van der Waals surface area contributed by atoms with Crippen LogP contribution in [0.15, 0.2) is 36.8 Å². The van der Waals surface area contributed by atoms with Crippen LogP contribution in [0.5, 0.6) is 0 Å². The van der Waals surface area contributed by atoms with E-state index in [0.717, 1.165) is 6.54 Å². The first-order valence-electron chi connectivity index (χ1n) is 6.43. The Kier molecular flexibility index (Phi) is 7.26. The van der Waals surface area contributed by atoms with Gasteiger partial charge in [-0.2, -0.15) is 5.10 Å². The number of carbonyl (C=O) groups excluding carboxylic acids is 1. The number of halogens is 2. The zero-order chi connectivity index (χ0) is 13.8. The third-order valence-electron chi connectivity index (χ3n) is 2.99. The van der Waals surface area contributed by atoms with Crippen LogP contribution in [-0.4, -0.2) is 46.5 Å². The maximum Gasteiger partial charge on any atom is 0.254 e. The maximum atomic E-state index is 12.2. The second kappa shape index (κ2) is 8.70. The van der Waals surface area contributed by atoms with E-state index in [1.807, 2.05) is 0 Å². The molecular formula is C13H17Cl2N5O2. The molecule has 1 unspecified atom stereocenters. The minimum Gasteiger partial charge on any atom is -0.366 e. The lowest BCUT2D eigenvalue weighted by atomic mass is 10.2. The fraction of sp³-hybridized carbons (Fsp3) is 0.308. The van der Waals surface area contributed by atoms with E-state index in [9.17, 15) is 4.79 Å². The van der Waals surface area contributed by atoms with Crippen LogP contribution >= 0.6 is 24.8 Å². The molecule has 2 N–H and O–H groups in total. The number of nitrogens with one attached hydrogen (secondary N) is 2. The standard InChI is InChI=1S/C13H15N5O2.2ClH/c19-13(11-9-14-6-8-20-11)17-10-3-1-4-15-12(10)18-7-2-5-16-18;;/h1-5,7,11,14H,6,8-9H2,(H,17,19);2*1H. The van der Waals surface area contributed by atoms with Crippen molar-refractivity contribution in [3.63, 3.8) is 0 Å². The van der Waals surface area contributed by atoms with Gasteiger partial charge in [0.25, 0.3) is 5.91 Å². The van der Waals surface area contributed by atoms with Crippen molar-refractivity contribution in [1.29, 1.82) is 0 Å². The summed E-state index contributed by atoms with van der Waals surface area (Å²) in [6.07, 6.45) is 4.62. The summed E-state index contributed by atoms with van der Waals surface area (Å²) in [5, 5.41) is 10.1. The van der Waals surface area contributed by atoms with E-state index < -0.39 is 6.10 Å². The monoisotopic (exact) mass is 345 g/mol. The second-order valence-corrected chi connectivity index (χ2v) is 4.38. The van der Waals surface area contributed by atoms with Gasteiger partial charge in [-0.1, -0.05) is 0 Å². The van der Waals surface area contributed by atoms with Gasteiger partial charge >= 0.3 is 0 Å². The summed E-state index contributed by atoms with van der Waals surface area (Å²) in [5.74, 6) is 0.397. The van der Waals surface area contributed by atoms with Gasteiger partial charge < -0.3 is 15.4 Å². The van der Waals surface area contributed by atoms with Crippen molar-refractivity contribution in [2.24, 2.45) is 0 Å². The van der Waals surface area contributed by atoms with Gasteiger partial charge in [-0.05, 0) is 18.2 Å². The molecule has 1 amide bonds. The lowest BCUT2D eigenvalue weighted by molar-refractivity contribution is -0.128. The summed E-state index contributed by atoms with van der Waals surface area (Å²) in [6.45, 7) is 1.83. The van der Waals surface area contributed by atoms with Crippen LogP contribution in [0.25, 0.3) is 5.82 Å². The molecule has 22 heavy (non-hydrogen) atoms. The molecule has 120 valence electrons. The van der Waals surface area contributed by atoms with Crippen molar-refractivity contribution in [2.75, 3.05) is 25.0 Å². The zero-order valence-corrected chi connectivity index (χ0v) is 13.3. The predicted octanol–water partition coefficient (Wildman–Crippen LogP) is 1.04. The van der Waals surface area contributed by atoms with E-state index in [1.54, 1.807) is 41.5 Å². The van der Waals surface area contributed by atoms with E-state index in [0.29, 0.717) is 24.7 Å². The van der Waals surface area contributed by atoms with Crippen LogP contribution in [0.1, 0.15) is 0 Å². The highest BCUT2D eigenvalue weighted by Crippen LogP contribution is 2.16. The fourth-order valence-electron chi connectivity index (χ4n) is 2.02. The Morgan fingerprint density at radius 1 is 1.36 bits per heavy atom. The molecule has 9 heteroatoms. The van der Waals surface area contributed by atoms with Crippen LogP contribution in [0, 0.1) is 0 Å². The highest BCUT2D eigenvalue weighted by molar-refractivity contribution is 5.95. The van der Waals surface area contributed by atoms with Crippen molar-refractivity contribution < 1.29 is 9.53 Å². The Labute approximate surface area is 140 Å². The SMILES string of the molecule is Cl.Cl.O=C(Nc1cccnc1-n1cccn1)C1CNCCO1. The number of carbonyl (C=O) groups is 1. The first kappa shape index (κ1) is 18.4. The lowest BCUT2D eigenvalue weighted by Gasteiger charge is -2.23. The average Bonchev–Trinajstić information content (AvgIpc) is 3.03. The number of hydrogen-bond donors (Lipinski definition) is 2. The van der Waals surface area contributed by atoms with E-state index in [1.165, 1.54) is 0 Å². The molecule has 3 heterocycles. The van der Waals surface area contributed by atoms with Crippen LogP contribution in [-0.2, 0) is 9.53 Å². The summed E-state index contributed by atoms with van der Waals surface area (Å²) in [4.78, 5) is 16.4. The summed E-state index contributed by atoms with van der Waals surface area (Å²) < 4.78 is 7.03. The highest BCUT2D eigenvalue weighted by Gasteiger charge is 2.22. The van der Waals surface area contributed by atoms with Gasteiger partial charge in [-0.15, -0.1) is 24.8 Å². The molecule has 2 aromatic heterocycles. The van der Waals surface area contributed by atoms with Gasteiger partial charge in [0, 0.05) is 31.7 Å². The molecular weight excluding hydrogens is 329 g/mol. The second-order valence-electron chi connectivity index (χ2n) is 4.38. The minimum absolute atomic E-state index is 0. The molecule has 0 aliphatic carbocycles. The summed E-state index contributed by atoms with van der Waals surface area (Å²) in [7, 11) is 0. The number of aromatic nitrogens is 3. The molecule has 3 rings (SSSR count). The molecule has 1 atom stereocenters. The normalized spacial score (nSPS) is 17.0. The largest absolute Gasteiger partial charge is 0.366 e. The van der Waals surface area contributed by atoms with Gasteiger partial charge in [0.15, 0.2) is 5.82 Å². The maximum absolute atomic E-state index is 12.2. The molecule has 1 saturated heterocycles. The molecule has 7 nitrogen and oxygen atoms in total. The summed E-state index contributed by atoms with van der Waals surface area (Å²) >= 11 is 0. The molecule has 1 fully saturated rings. The Hall–Kier alpha value is -1.67. The van der Waals surface area contributed by atoms with Gasteiger partial charge in [0.2, 0.25) is 0 Å². The van der Waals surface area contributed by atoms with Crippen molar-refractivity contribution in [1.82, 2.24) is 20.1 Å². The number of rotatable bonds is 3. The zero-order valence-electron chi connectivity index (χ0n) is 11.6. The van der Waals surface area contributed by atoms with Crippen LogP contribution in [0.4, 0.5) is 5.69 Å². The Bertz CT molecular complexity index is 588. The average molecular weight is 346 g/mol. The number of morpholine rings is 1. The molecule has 0 aromatic carbocycles. The van der Waals surface area contributed by atoms with Crippen molar-refractivity contribution in [3.05, 3.63) is 36.8 Å². The van der Waals surface area contributed by atoms with Crippen molar-refractivity contribution in [2.45, 2.75) is 6.10 Å². The van der Waals surface area contributed by atoms with Crippen molar-refractivity contribution >= 4 is 36.4 Å². The molecule has 2 aromatic rings. The van der Waals surface area contributed by atoms with Gasteiger partial charge in [0.1, 0.15) is 6.10 Å². The van der Waals surface area contributed by atoms with Crippen LogP contribution in [0.2, 0.25) is 0 Å². The molecule has 0 radical (unpaired) electrons. The van der Waals surface area contributed by atoms with E-state index in [2.05, 4.69) is 20.7 Å². The molecule has 0 bridgehead atoms. The molecule has 0 spiro atoms. The van der Waals surface area contributed by atoms with Gasteiger partial charge in [-0.25, -0.2) is 9.67 Å². The number of hydrogen-bond acceptors (Lipinski definition) is 5. The molecule has 0 saturated carbocycles. The quantitative estimate of drug-likeness (QED) is 0.868. The number of pyridine rings is 1. The smallest absolute Gasteiger partial charge is 0.254 e. The predicted molar refractivity (Wildman–Crippen MR) is 87.1 cm³/mol. The third-order valence-corrected chi connectivity index (χ3v) is 2.99. The molecule has 1 aliphatic rings. The Morgan fingerprint density at radius 2 is 2.23 bits per heavy atom. The fourth-order valence-corrected chi connectivity index (χ4v) is 2.02.